The molecule has 20 heavy (non-hydrogen) atoms. The fourth-order valence-electron chi connectivity index (χ4n) is 1.94. The zero-order valence-electron chi connectivity index (χ0n) is 10.8. The van der Waals surface area contributed by atoms with Crippen LogP contribution in [0.3, 0.4) is 0 Å². The van der Waals surface area contributed by atoms with Crippen LogP contribution in [0.1, 0.15) is 12.0 Å². The van der Waals surface area contributed by atoms with Gasteiger partial charge in [0.1, 0.15) is 5.75 Å². The minimum atomic E-state index is -4.67. The van der Waals surface area contributed by atoms with E-state index in [-0.39, 0.29) is 5.75 Å². The lowest BCUT2D eigenvalue weighted by Crippen LogP contribution is -2.17. The van der Waals surface area contributed by atoms with Gasteiger partial charge in [-0.25, -0.2) is 0 Å². The number of ether oxygens (including phenoxy) is 1. The van der Waals surface area contributed by atoms with E-state index >= 15 is 0 Å². The molecular weight excluding hydrogens is 265 g/mol. The number of aryl methyl sites for hydroxylation is 1. The van der Waals surface area contributed by atoms with E-state index in [1.807, 2.05) is 24.3 Å². The monoisotopic (exact) mass is 279 g/mol. The van der Waals surface area contributed by atoms with Crippen molar-refractivity contribution in [3.8, 4) is 16.9 Å². The Morgan fingerprint density at radius 2 is 1.65 bits per heavy atom. The summed E-state index contributed by atoms with van der Waals surface area (Å²) in [4.78, 5) is 0. The first-order valence-electron chi connectivity index (χ1n) is 6.22. The molecule has 1 radical (unpaired) electrons. The number of halogens is 3. The van der Waals surface area contributed by atoms with Gasteiger partial charge in [0.2, 0.25) is 0 Å². The maximum Gasteiger partial charge on any atom is 0.573 e. The minimum absolute atomic E-state index is 0.211. The van der Waals surface area contributed by atoms with Gasteiger partial charge in [-0.15, -0.1) is 13.2 Å². The Kier molecular flexibility index (Phi) is 4.32. The summed E-state index contributed by atoms with van der Waals surface area (Å²) in [7, 11) is 0. The van der Waals surface area contributed by atoms with Crippen molar-refractivity contribution in [3.63, 3.8) is 0 Å². The van der Waals surface area contributed by atoms with Crippen LogP contribution in [-0.2, 0) is 6.42 Å². The van der Waals surface area contributed by atoms with Crippen LogP contribution < -0.4 is 4.74 Å². The third-order valence-electron chi connectivity index (χ3n) is 2.82. The highest BCUT2D eigenvalue weighted by atomic mass is 19.4. The largest absolute Gasteiger partial charge is 0.573 e. The molecule has 0 aliphatic rings. The second-order valence-electron chi connectivity index (χ2n) is 4.38. The van der Waals surface area contributed by atoms with Gasteiger partial charge in [0.05, 0.1) is 0 Å². The van der Waals surface area contributed by atoms with Gasteiger partial charge in [-0.1, -0.05) is 43.3 Å². The molecule has 2 aromatic carbocycles. The molecule has 0 heterocycles. The van der Waals surface area contributed by atoms with Gasteiger partial charge in [-0.3, -0.25) is 0 Å². The quantitative estimate of drug-likeness (QED) is 0.763. The van der Waals surface area contributed by atoms with E-state index in [9.17, 15) is 13.2 Å². The van der Waals surface area contributed by atoms with Crippen LogP contribution >= 0.6 is 0 Å². The average molecular weight is 279 g/mol. The third kappa shape index (κ3) is 4.02. The van der Waals surface area contributed by atoms with Crippen LogP contribution in [0, 0.1) is 6.92 Å². The molecule has 0 unspecified atom stereocenters. The molecule has 0 N–H and O–H groups in total. The number of rotatable bonds is 4. The summed E-state index contributed by atoms with van der Waals surface area (Å²) in [5, 5.41) is 0. The van der Waals surface area contributed by atoms with E-state index in [1.165, 1.54) is 12.1 Å². The zero-order valence-corrected chi connectivity index (χ0v) is 10.8. The van der Waals surface area contributed by atoms with Crippen molar-refractivity contribution in [2.75, 3.05) is 0 Å². The van der Waals surface area contributed by atoms with Crippen LogP contribution in [0.5, 0.6) is 5.75 Å². The van der Waals surface area contributed by atoms with Gasteiger partial charge in [0.25, 0.3) is 0 Å². The molecule has 1 nitrogen and oxygen atoms in total. The molecule has 0 aliphatic heterocycles. The molecular formula is C16H14F3O. The Hall–Kier alpha value is -1.97. The Balaban J connectivity index is 2.22. The van der Waals surface area contributed by atoms with Crippen molar-refractivity contribution in [3.05, 3.63) is 61.0 Å². The Morgan fingerprint density at radius 1 is 0.950 bits per heavy atom. The zero-order chi connectivity index (χ0) is 14.6. The fourth-order valence-corrected chi connectivity index (χ4v) is 1.94. The van der Waals surface area contributed by atoms with Crippen molar-refractivity contribution >= 4 is 0 Å². The standard InChI is InChI=1S/C16H14F3O/c1-2-4-12-7-9-13(10-8-12)14-5-3-6-15(11-14)20-16(17,18)19/h3,5-11H,1-2,4H2. The van der Waals surface area contributed by atoms with Crippen LogP contribution in [0.2, 0.25) is 0 Å². The Morgan fingerprint density at radius 3 is 2.25 bits per heavy atom. The van der Waals surface area contributed by atoms with Gasteiger partial charge in [-0.05, 0) is 41.7 Å². The minimum Gasteiger partial charge on any atom is -0.406 e. The number of hydrogen-bond donors (Lipinski definition) is 0. The summed E-state index contributed by atoms with van der Waals surface area (Å²) in [5.74, 6) is -0.211. The van der Waals surface area contributed by atoms with Gasteiger partial charge < -0.3 is 4.74 Å². The Labute approximate surface area is 116 Å². The highest BCUT2D eigenvalue weighted by molar-refractivity contribution is 5.65. The third-order valence-corrected chi connectivity index (χ3v) is 2.82. The molecule has 0 bridgehead atoms. The van der Waals surface area contributed by atoms with E-state index < -0.39 is 6.36 Å². The number of hydrogen-bond acceptors (Lipinski definition) is 1. The molecule has 0 fully saturated rings. The first kappa shape index (κ1) is 14.4. The first-order valence-corrected chi connectivity index (χ1v) is 6.22. The SMILES string of the molecule is [CH2]CCc1ccc(-c2cccc(OC(F)(F)F)c2)cc1. The predicted molar refractivity (Wildman–Crippen MR) is 72.2 cm³/mol. The highest BCUT2D eigenvalue weighted by Gasteiger charge is 2.31. The molecule has 0 spiro atoms. The summed E-state index contributed by atoms with van der Waals surface area (Å²) in [6, 6.07) is 13.6. The molecule has 105 valence electrons. The first-order chi connectivity index (χ1) is 9.48. The second kappa shape index (κ2) is 5.99. The number of alkyl halides is 3. The average Bonchev–Trinajstić information content (AvgIpc) is 2.38. The molecule has 2 rings (SSSR count). The summed E-state index contributed by atoms with van der Waals surface area (Å²) in [6.45, 7) is 3.78. The van der Waals surface area contributed by atoms with Crippen molar-refractivity contribution in [1.82, 2.24) is 0 Å². The van der Waals surface area contributed by atoms with Gasteiger partial charge in [0, 0.05) is 0 Å². The molecule has 0 saturated carbocycles. The molecule has 0 amide bonds. The van der Waals surface area contributed by atoms with Crippen LogP contribution in [0.15, 0.2) is 48.5 Å². The molecule has 0 aromatic heterocycles. The van der Waals surface area contributed by atoms with E-state index in [2.05, 4.69) is 11.7 Å². The predicted octanol–water partition coefficient (Wildman–Crippen LogP) is 5.02. The topological polar surface area (TPSA) is 9.23 Å². The molecule has 0 saturated heterocycles. The van der Waals surface area contributed by atoms with Crippen LogP contribution in [0.4, 0.5) is 13.2 Å². The normalized spacial score (nSPS) is 11.4. The lowest BCUT2D eigenvalue weighted by molar-refractivity contribution is -0.274. The summed E-state index contributed by atoms with van der Waals surface area (Å²) in [6.07, 6.45) is -2.97. The lowest BCUT2D eigenvalue weighted by atomic mass is 10.0. The maximum absolute atomic E-state index is 12.2. The van der Waals surface area contributed by atoms with E-state index in [0.29, 0.717) is 5.56 Å². The molecule has 4 heteroatoms. The fraction of sp³-hybridized carbons (Fsp3) is 0.188. The molecule has 0 aliphatic carbocycles. The van der Waals surface area contributed by atoms with Gasteiger partial charge in [-0.2, -0.15) is 0 Å². The van der Waals surface area contributed by atoms with Crippen molar-refractivity contribution in [2.45, 2.75) is 19.2 Å². The second-order valence-corrected chi connectivity index (χ2v) is 4.38. The van der Waals surface area contributed by atoms with Crippen molar-refractivity contribution < 1.29 is 17.9 Å². The van der Waals surface area contributed by atoms with Crippen molar-refractivity contribution in [2.24, 2.45) is 0 Å². The molecule has 0 atom stereocenters. The Bertz CT molecular complexity index is 559. The van der Waals surface area contributed by atoms with Crippen LogP contribution in [0.25, 0.3) is 11.1 Å². The molecule has 2 aromatic rings. The summed E-state index contributed by atoms with van der Waals surface area (Å²) >= 11 is 0. The highest BCUT2D eigenvalue weighted by Crippen LogP contribution is 2.28. The van der Waals surface area contributed by atoms with Crippen LogP contribution in [-0.4, -0.2) is 6.36 Å². The summed E-state index contributed by atoms with van der Waals surface area (Å²) < 4.78 is 40.5. The van der Waals surface area contributed by atoms with E-state index in [0.717, 1.165) is 24.0 Å². The van der Waals surface area contributed by atoms with Gasteiger partial charge >= 0.3 is 6.36 Å². The number of benzene rings is 2. The maximum atomic E-state index is 12.2. The van der Waals surface area contributed by atoms with E-state index in [4.69, 9.17) is 0 Å². The lowest BCUT2D eigenvalue weighted by Gasteiger charge is -2.10. The van der Waals surface area contributed by atoms with E-state index in [1.54, 1.807) is 12.1 Å². The van der Waals surface area contributed by atoms with Crippen molar-refractivity contribution in [1.29, 1.82) is 0 Å². The smallest absolute Gasteiger partial charge is 0.406 e. The van der Waals surface area contributed by atoms with Gasteiger partial charge in [0.15, 0.2) is 0 Å². The summed E-state index contributed by atoms with van der Waals surface area (Å²) in [5.41, 5.74) is 2.70.